The van der Waals surface area contributed by atoms with Crippen molar-refractivity contribution in [3.63, 3.8) is 0 Å². The van der Waals surface area contributed by atoms with Gasteiger partial charge in [0.25, 0.3) is 0 Å². The number of hydrogen-bond acceptors (Lipinski definition) is 10. The Morgan fingerprint density at radius 2 is 1.70 bits per heavy atom. The second kappa shape index (κ2) is 13.7. The fraction of sp³-hybridized carbons (Fsp3) is 0.867. The first-order valence-corrected chi connectivity index (χ1v) is 14.4. The number of allylic oxidation sites excluding steroid dienone is 1. The summed E-state index contributed by atoms with van der Waals surface area (Å²) >= 11 is 0. The summed E-state index contributed by atoms with van der Waals surface area (Å²) in [7, 11) is 5.28. The number of hydrogen-bond donors (Lipinski definition) is 3. The summed E-state index contributed by atoms with van der Waals surface area (Å²) in [6.07, 6.45) is -2.68. The van der Waals surface area contributed by atoms with Crippen LogP contribution in [0.4, 0.5) is 0 Å². The Labute approximate surface area is 240 Å². The third-order valence-corrected chi connectivity index (χ3v) is 8.86. The summed E-state index contributed by atoms with van der Waals surface area (Å²) in [5, 5.41) is 33.8. The van der Waals surface area contributed by atoms with Crippen molar-refractivity contribution in [2.75, 3.05) is 21.2 Å². The van der Waals surface area contributed by atoms with Gasteiger partial charge in [-0.2, -0.15) is 0 Å². The number of nitrogens with zero attached hydrogens (tertiary/aromatic N) is 1. The number of rotatable bonds is 5. The molecule has 40 heavy (non-hydrogen) atoms. The summed E-state index contributed by atoms with van der Waals surface area (Å²) in [4.78, 5) is 28.6. The lowest BCUT2D eigenvalue weighted by molar-refractivity contribution is -0.301. The van der Waals surface area contributed by atoms with Gasteiger partial charge in [0.1, 0.15) is 17.8 Å². The minimum atomic E-state index is -1.59. The van der Waals surface area contributed by atoms with Gasteiger partial charge in [0.2, 0.25) is 0 Å². The van der Waals surface area contributed by atoms with Crippen LogP contribution in [0.2, 0.25) is 0 Å². The van der Waals surface area contributed by atoms with Crippen molar-refractivity contribution < 1.29 is 43.9 Å². The summed E-state index contributed by atoms with van der Waals surface area (Å²) in [6.45, 7) is 13.7. The molecule has 1 saturated heterocycles. The molecule has 10 nitrogen and oxygen atoms in total. The van der Waals surface area contributed by atoms with Gasteiger partial charge in [-0.05, 0) is 79.6 Å². The Kier molecular flexibility index (Phi) is 11.9. The second-order valence-corrected chi connectivity index (χ2v) is 12.6. The molecule has 0 aromatic rings. The molecule has 0 bridgehead atoms. The highest BCUT2D eigenvalue weighted by Gasteiger charge is 2.49. The predicted molar refractivity (Wildman–Crippen MR) is 150 cm³/mol. The van der Waals surface area contributed by atoms with Crippen molar-refractivity contribution in [3.05, 3.63) is 11.6 Å². The molecule has 0 aromatic heterocycles. The largest absolute Gasteiger partial charge is 0.459 e. The van der Waals surface area contributed by atoms with Gasteiger partial charge in [-0.3, -0.25) is 9.59 Å². The van der Waals surface area contributed by atoms with E-state index in [2.05, 4.69) is 0 Å². The molecular weight excluding hydrogens is 518 g/mol. The van der Waals surface area contributed by atoms with E-state index in [9.17, 15) is 24.9 Å². The Balaban J connectivity index is 2.61. The number of Topliss-reactive ketones (excluding diaryl/α,β-unsaturated/α-hetero) is 1. The maximum Gasteiger partial charge on any atom is 0.311 e. The molecule has 0 radical (unpaired) electrons. The van der Waals surface area contributed by atoms with Gasteiger partial charge in [-0.25, -0.2) is 0 Å². The molecule has 3 N–H and O–H groups in total. The maximum absolute atomic E-state index is 13.5. The van der Waals surface area contributed by atoms with Gasteiger partial charge in [0.05, 0.1) is 29.8 Å². The molecule has 232 valence electrons. The lowest BCUT2D eigenvalue weighted by atomic mass is 9.76. The number of esters is 1. The van der Waals surface area contributed by atoms with Crippen molar-refractivity contribution in [2.45, 2.75) is 129 Å². The van der Waals surface area contributed by atoms with Crippen LogP contribution in [0.15, 0.2) is 11.6 Å². The Morgan fingerprint density at radius 1 is 1.10 bits per heavy atom. The van der Waals surface area contributed by atoms with Crippen LogP contribution in [0.5, 0.6) is 0 Å². The van der Waals surface area contributed by atoms with Crippen LogP contribution in [0, 0.1) is 17.8 Å². The van der Waals surface area contributed by atoms with Gasteiger partial charge in [0.15, 0.2) is 12.1 Å². The normalized spacial score (nSPS) is 45.9. The first-order chi connectivity index (χ1) is 18.4. The molecule has 0 saturated carbocycles. The van der Waals surface area contributed by atoms with E-state index in [4.69, 9.17) is 18.9 Å². The molecule has 1 fully saturated rings. The average molecular weight is 572 g/mol. The molecule has 0 aliphatic carbocycles. The number of carbonyl (C=O) groups is 2. The zero-order valence-corrected chi connectivity index (χ0v) is 26.2. The van der Waals surface area contributed by atoms with Crippen LogP contribution in [0.3, 0.4) is 0 Å². The molecule has 10 heteroatoms. The summed E-state index contributed by atoms with van der Waals surface area (Å²) < 4.78 is 24.3. The van der Waals surface area contributed by atoms with Crippen LogP contribution < -0.4 is 0 Å². The molecule has 12 atom stereocenters. The molecule has 2 aliphatic heterocycles. The van der Waals surface area contributed by atoms with E-state index in [0.29, 0.717) is 18.4 Å². The minimum Gasteiger partial charge on any atom is -0.459 e. The molecule has 0 unspecified atom stereocenters. The van der Waals surface area contributed by atoms with Crippen LogP contribution in [0.1, 0.15) is 74.7 Å². The molecule has 0 spiro atoms. The number of ether oxygens (including phenoxy) is 4. The van der Waals surface area contributed by atoms with E-state index in [1.54, 1.807) is 41.5 Å². The Morgan fingerprint density at radius 3 is 2.23 bits per heavy atom. The van der Waals surface area contributed by atoms with E-state index in [-0.39, 0.29) is 24.3 Å². The lowest BCUT2D eigenvalue weighted by Gasteiger charge is -2.47. The highest BCUT2D eigenvalue weighted by Crippen LogP contribution is 2.38. The minimum absolute atomic E-state index is 0.197. The number of aliphatic hydroxyl groups excluding tert-OH is 2. The highest BCUT2D eigenvalue weighted by molar-refractivity contribution is 5.96. The van der Waals surface area contributed by atoms with Crippen LogP contribution in [-0.2, 0) is 28.5 Å². The van der Waals surface area contributed by atoms with E-state index < -0.39 is 65.6 Å². The van der Waals surface area contributed by atoms with Gasteiger partial charge in [0, 0.05) is 25.0 Å². The fourth-order valence-corrected chi connectivity index (χ4v) is 6.27. The smallest absolute Gasteiger partial charge is 0.311 e. The van der Waals surface area contributed by atoms with Crippen LogP contribution in [0.25, 0.3) is 0 Å². The number of ketones is 1. The third-order valence-electron chi connectivity index (χ3n) is 8.86. The zero-order chi connectivity index (χ0) is 30.7. The van der Waals surface area contributed by atoms with E-state index >= 15 is 0 Å². The number of aliphatic hydroxyl groups is 3. The van der Waals surface area contributed by atoms with Crippen molar-refractivity contribution in [2.24, 2.45) is 17.8 Å². The van der Waals surface area contributed by atoms with E-state index in [1.807, 2.05) is 25.9 Å². The second-order valence-electron chi connectivity index (χ2n) is 12.6. The van der Waals surface area contributed by atoms with E-state index in [0.717, 1.165) is 0 Å². The monoisotopic (exact) mass is 571 g/mol. The molecular formula is C30H53NO9. The standard InChI is InChI=1S/C30H53NO9/c1-12-22-29(7,36)14-16(2)23(32)17(3)15-30(8,37-11)26(19(5)24(33)20(6)27(35)39-22)40-28-25(34)21(31(9)10)13-18(4)38-28/h14,17-22,24-26,28,33-34,36H,12-13,15H2,1-11H3/b16-14-/t17-,18-,19+,20-,21+,22-,24+,25-,26-,28+,29+,30-/m1/s1. The molecule has 2 aliphatic rings. The fourth-order valence-electron chi connectivity index (χ4n) is 6.27. The van der Waals surface area contributed by atoms with E-state index in [1.165, 1.54) is 20.1 Å². The molecule has 2 rings (SSSR count). The van der Waals surface area contributed by atoms with Crippen LogP contribution >= 0.6 is 0 Å². The van der Waals surface area contributed by atoms with Crippen LogP contribution in [-0.4, -0.2) is 107 Å². The Hall–Kier alpha value is -1.40. The number of cyclic esters (lactones) is 1. The summed E-state index contributed by atoms with van der Waals surface area (Å²) in [6, 6.07) is -0.220. The molecule has 0 aromatic carbocycles. The predicted octanol–water partition coefficient (Wildman–Crippen LogP) is 2.46. The quantitative estimate of drug-likeness (QED) is 0.422. The first kappa shape index (κ1) is 34.8. The topological polar surface area (TPSA) is 135 Å². The number of carbonyl (C=O) groups excluding carboxylic acids is 2. The first-order valence-electron chi connectivity index (χ1n) is 14.4. The SMILES string of the molecule is CC[C@H]1OC(=O)[C@H](C)[C@@H](O)[C@H](C)[C@@H](O[C@@H]2O[C@H](C)C[C@H](N(C)C)[C@H]2O)[C@](C)(OC)C[C@@H](C)C(=O)/C(C)=C\[C@]1(C)O. The van der Waals surface area contributed by atoms with Crippen molar-refractivity contribution >= 4 is 11.8 Å². The highest BCUT2D eigenvalue weighted by atomic mass is 16.7. The van der Waals surface area contributed by atoms with Gasteiger partial charge in [-0.1, -0.05) is 20.8 Å². The van der Waals surface area contributed by atoms with Crippen molar-refractivity contribution in [1.29, 1.82) is 0 Å². The van der Waals surface area contributed by atoms with Gasteiger partial charge in [-0.15, -0.1) is 0 Å². The summed E-state index contributed by atoms with van der Waals surface area (Å²) in [5.41, 5.74) is -2.38. The maximum atomic E-state index is 13.5. The third kappa shape index (κ3) is 7.70. The summed E-state index contributed by atoms with van der Waals surface area (Å²) in [5.74, 6) is -3.09. The van der Waals surface area contributed by atoms with Gasteiger partial charge < -0.3 is 39.2 Å². The van der Waals surface area contributed by atoms with Crippen molar-refractivity contribution in [3.8, 4) is 0 Å². The van der Waals surface area contributed by atoms with Gasteiger partial charge >= 0.3 is 5.97 Å². The Bertz CT molecular complexity index is 906. The number of likely N-dealkylation sites (N-methyl/N-ethyl adjacent to an activating group) is 1. The molecule has 0 amide bonds. The van der Waals surface area contributed by atoms with Crippen molar-refractivity contribution in [1.82, 2.24) is 4.90 Å². The number of methoxy groups -OCH3 is 1. The lowest BCUT2D eigenvalue weighted by Crippen LogP contribution is -2.59. The zero-order valence-electron chi connectivity index (χ0n) is 26.2. The molecule has 2 heterocycles. The average Bonchev–Trinajstić information content (AvgIpc) is 2.88.